The molecule has 0 bridgehead atoms. The Balaban J connectivity index is 1.92. The average Bonchev–Trinajstić information content (AvgIpc) is 2.53. The van der Waals surface area contributed by atoms with Gasteiger partial charge in [-0.1, -0.05) is 39.0 Å². The van der Waals surface area contributed by atoms with Crippen molar-refractivity contribution in [2.75, 3.05) is 25.9 Å². The lowest BCUT2D eigenvalue weighted by molar-refractivity contribution is 0.0117. The Kier molecular flexibility index (Phi) is 8.26. The summed E-state index contributed by atoms with van der Waals surface area (Å²) in [5, 5.41) is 17.7. The van der Waals surface area contributed by atoms with Gasteiger partial charge in [-0.25, -0.2) is 4.72 Å². The molecule has 0 aromatic rings. The van der Waals surface area contributed by atoms with Gasteiger partial charge in [0.25, 0.3) is 0 Å². The molecule has 4 atom stereocenters. The highest BCUT2D eigenvalue weighted by Gasteiger charge is 2.32. The summed E-state index contributed by atoms with van der Waals surface area (Å²) in [6.45, 7) is 4.73. The van der Waals surface area contributed by atoms with E-state index in [1.165, 1.54) is 38.4 Å². The molecule has 1 heterocycles. The minimum absolute atomic E-state index is 0.161. The van der Waals surface area contributed by atoms with E-state index in [1.54, 1.807) is 0 Å². The topological polar surface area (TPSA) is 96.8 Å². The smallest absolute Gasteiger partial charge is 0.108 e. The third kappa shape index (κ3) is 6.78. The van der Waals surface area contributed by atoms with Crippen molar-refractivity contribution in [2.24, 2.45) is 17.8 Å². The number of nitrogens with one attached hydrogen (secondary N) is 3. The second-order valence-electron chi connectivity index (χ2n) is 7.77. The molecule has 7 heteroatoms. The van der Waals surface area contributed by atoms with E-state index in [9.17, 15) is 14.2 Å². The average molecular weight is 364 g/mol. The second kappa shape index (κ2) is 9.71. The minimum Gasteiger partial charge on any atom is -0.378 e. The Hall–Kier alpha value is 0.110. The van der Waals surface area contributed by atoms with Crippen LogP contribution in [0.15, 0.2) is 0 Å². The Labute approximate surface area is 148 Å². The number of aliphatic hydroxyl groups excluding tert-OH is 1. The van der Waals surface area contributed by atoms with Crippen LogP contribution in [-0.4, -0.2) is 52.4 Å². The number of piperidine rings is 1. The van der Waals surface area contributed by atoms with E-state index in [2.05, 4.69) is 22.3 Å². The molecule has 1 aliphatic carbocycles. The van der Waals surface area contributed by atoms with Crippen LogP contribution < -0.4 is 15.4 Å². The van der Waals surface area contributed by atoms with Crippen molar-refractivity contribution in [3.05, 3.63) is 0 Å². The summed E-state index contributed by atoms with van der Waals surface area (Å²) < 4.78 is 21.8. The fourth-order valence-corrected chi connectivity index (χ4v) is 4.69. The summed E-state index contributed by atoms with van der Waals surface area (Å²) in [4.78, 5) is 0. The Morgan fingerprint density at radius 3 is 2.50 bits per heavy atom. The minimum atomic E-state index is -2.67. The van der Waals surface area contributed by atoms with Crippen LogP contribution in [0.2, 0.25) is 0 Å². The lowest BCUT2D eigenvalue weighted by atomic mass is 9.77. The quantitative estimate of drug-likeness (QED) is 0.371. The van der Waals surface area contributed by atoms with Gasteiger partial charge >= 0.3 is 0 Å². The molecule has 0 radical (unpaired) electrons. The van der Waals surface area contributed by atoms with E-state index in [4.69, 9.17) is 0 Å². The maximum atomic E-state index is 10.9. The summed E-state index contributed by atoms with van der Waals surface area (Å²) in [5.41, 5.74) is 0. The first-order valence-corrected chi connectivity index (χ1v) is 11.4. The Morgan fingerprint density at radius 2 is 1.88 bits per heavy atom. The van der Waals surface area contributed by atoms with Crippen molar-refractivity contribution in [1.82, 2.24) is 15.4 Å². The normalized spacial score (nSPS) is 30.0. The highest BCUT2D eigenvalue weighted by Crippen LogP contribution is 2.34. The molecule has 0 spiro atoms. The molecule has 1 aliphatic heterocycles. The largest absolute Gasteiger partial charge is 0.378 e. The molecule has 2 aliphatic rings. The van der Waals surface area contributed by atoms with Gasteiger partial charge in [0.15, 0.2) is 0 Å². The van der Waals surface area contributed by atoms with Crippen molar-refractivity contribution in [1.29, 1.82) is 0 Å². The third-order valence-electron chi connectivity index (χ3n) is 5.73. The van der Waals surface area contributed by atoms with E-state index >= 15 is 0 Å². The predicted molar refractivity (Wildman–Crippen MR) is 101 cm³/mol. The summed E-state index contributed by atoms with van der Waals surface area (Å²) in [6.07, 6.45) is 8.90. The second-order valence-corrected chi connectivity index (χ2v) is 9.72. The molecule has 2 fully saturated rings. The third-order valence-corrected chi connectivity index (χ3v) is 6.48. The van der Waals surface area contributed by atoms with Crippen LogP contribution >= 0.6 is 10.8 Å². The molecule has 6 N–H and O–H groups in total. The van der Waals surface area contributed by atoms with E-state index in [0.717, 1.165) is 25.9 Å². The van der Waals surface area contributed by atoms with E-state index < -0.39 is 17.0 Å². The number of hydrogen-bond acceptors (Lipinski definition) is 6. The summed E-state index contributed by atoms with van der Waals surface area (Å²) in [5.74, 6) is 1.25. The molecule has 1 saturated heterocycles. The van der Waals surface area contributed by atoms with Crippen molar-refractivity contribution >= 4 is 10.8 Å². The lowest BCUT2D eigenvalue weighted by Gasteiger charge is -2.39. The highest BCUT2D eigenvalue weighted by atomic mass is 32.3. The van der Waals surface area contributed by atoms with E-state index in [1.807, 2.05) is 0 Å². The lowest BCUT2D eigenvalue weighted by Crippen LogP contribution is -2.54. The van der Waals surface area contributed by atoms with Crippen LogP contribution in [0.4, 0.5) is 0 Å². The van der Waals surface area contributed by atoms with Crippen molar-refractivity contribution in [2.45, 2.75) is 64.1 Å². The highest BCUT2D eigenvalue weighted by molar-refractivity contribution is 8.22. The zero-order chi connectivity index (χ0) is 17.6. The van der Waals surface area contributed by atoms with E-state index in [-0.39, 0.29) is 5.92 Å². The predicted octanol–water partition coefficient (Wildman–Crippen LogP) is 2.36. The molecular formula is C17H37N3O3S. The SMILES string of the molecule is CC1CCNCC1NC(O)C(CCNS(C)(O)O)C1CCCCC1. The fraction of sp³-hybridized carbons (Fsp3) is 1.00. The van der Waals surface area contributed by atoms with Crippen LogP contribution in [-0.2, 0) is 0 Å². The first kappa shape index (κ1) is 20.4. The van der Waals surface area contributed by atoms with Gasteiger partial charge in [-0.15, -0.1) is 10.8 Å². The zero-order valence-corrected chi connectivity index (χ0v) is 16.0. The molecule has 0 aromatic carbocycles. The summed E-state index contributed by atoms with van der Waals surface area (Å²) >= 11 is 0. The standard InChI is InChI=1S/C17H37N3O3S/c1-13-8-10-18-12-16(13)20-17(21)15(9-11-19-24(2,22)23)14-6-4-3-5-7-14/h13-23H,3-12H2,1-2H3. The van der Waals surface area contributed by atoms with Crippen LogP contribution in [0.3, 0.4) is 0 Å². The molecule has 0 amide bonds. The molecule has 0 aromatic heterocycles. The van der Waals surface area contributed by atoms with Crippen LogP contribution in [0.5, 0.6) is 0 Å². The maximum absolute atomic E-state index is 10.9. The van der Waals surface area contributed by atoms with Crippen molar-refractivity contribution < 1.29 is 14.2 Å². The van der Waals surface area contributed by atoms with Gasteiger partial charge in [0, 0.05) is 31.3 Å². The summed E-state index contributed by atoms with van der Waals surface area (Å²) in [6, 6.07) is 0.305. The van der Waals surface area contributed by atoms with Gasteiger partial charge in [-0.2, -0.15) is 0 Å². The monoisotopic (exact) mass is 363 g/mol. The molecule has 1 saturated carbocycles. The van der Waals surface area contributed by atoms with Gasteiger partial charge < -0.3 is 10.4 Å². The number of hydrogen-bond donors (Lipinski definition) is 6. The van der Waals surface area contributed by atoms with Crippen molar-refractivity contribution in [3.8, 4) is 0 Å². The van der Waals surface area contributed by atoms with Gasteiger partial charge in [0.05, 0.1) is 0 Å². The maximum Gasteiger partial charge on any atom is 0.108 e. The first-order valence-electron chi connectivity index (χ1n) is 9.49. The van der Waals surface area contributed by atoms with E-state index in [0.29, 0.717) is 24.4 Å². The molecule has 2 rings (SSSR count). The fourth-order valence-electron chi connectivity index (χ4n) is 4.19. The molecular weight excluding hydrogens is 326 g/mol. The molecule has 6 nitrogen and oxygen atoms in total. The van der Waals surface area contributed by atoms with Gasteiger partial charge in [-0.05, 0) is 31.2 Å². The van der Waals surface area contributed by atoms with Crippen LogP contribution in [0.25, 0.3) is 0 Å². The van der Waals surface area contributed by atoms with Crippen LogP contribution in [0.1, 0.15) is 51.9 Å². The van der Waals surface area contributed by atoms with Gasteiger partial charge in [-0.3, -0.25) is 14.4 Å². The molecule has 144 valence electrons. The Morgan fingerprint density at radius 1 is 1.17 bits per heavy atom. The zero-order valence-electron chi connectivity index (χ0n) is 15.2. The first-order chi connectivity index (χ1) is 11.4. The number of rotatable bonds is 8. The molecule has 4 unspecified atom stereocenters. The summed E-state index contributed by atoms with van der Waals surface area (Å²) in [7, 11) is -2.67. The number of aliphatic hydroxyl groups is 1. The van der Waals surface area contributed by atoms with Gasteiger partial charge in [0.2, 0.25) is 0 Å². The Bertz CT molecular complexity index is 361. The molecule has 24 heavy (non-hydrogen) atoms. The van der Waals surface area contributed by atoms with Crippen molar-refractivity contribution in [3.63, 3.8) is 0 Å². The van der Waals surface area contributed by atoms with Crippen LogP contribution in [0, 0.1) is 17.8 Å². The van der Waals surface area contributed by atoms with Gasteiger partial charge in [0.1, 0.15) is 6.23 Å².